The molecule has 0 spiro atoms. The summed E-state index contributed by atoms with van der Waals surface area (Å²) in [5.41, 5.74) is 0.497. The van der Waals surface area contributed by atoms with Crippen LogP contribution in [0.3, 0.4) is 0 Å². The molecule has 3 rings (SSSR count). The Hall–Kier alpha value is -2.85. The first-order chi connectivity index (χ1) is 14.8. The third-order valence-corrected chi connectivity index (χ3v) is 6.69. The van der Waals surface area contributed by atoms with Crippen LogP contribution in [0.2, 0.25) is 0 Å². The van der Waals surface area contributed by atoms with Gasteiger partial charge in [0.15, 0.2) is 11.5 Å². The van der Waals surface area contributed by atoms with Gasteiger partial charge in [0, 0.05) is 32.2 Å². The first kappa shape index (κ1) is 22.8. The Kier molecular flexibility index (Phi) is 7.01. The fraction of sp³-hybridized carbons (Fsp3) is 0.381. The summed E-state index contributed by atoms with van der Waals surface area (Å²) in [4.78, 5) is 16.2. The van der Waals surface area contributed by atoms with Crippen molar-refractivity contribution in [1.82, 2.24) is 9.62 Å². The molecule has 1 N–H and O–H groups in total. The van der Waals surface area contributed by atoms with Gasteiger partial charge in [0.05, 0.1) is 30.8 Å². The summed E-state index contributed by atoms with van der Waals surface area (Å²) in [7, 11) is -1.09. The summed E-state index contributed by atoms with van der Waals surface area (Å²) < 4.78 is 52.2. The van der Waals surface area contributed by atoms with E-state index in [0.717, 1.165) is 0 Å². The van der Waals surface area contributed by atoms with Gasteiger partial charge in [-0.3, -0.25) is 4.79 Å². The minimum Gasteiger partial charge on any atom is -0.493 e. The van der Waals surface area contributed by atoms with Crippen molar-refractivity contribution in [2.45, 2.75) is 17.9 Å². The highest BCUT2D eigenvalue weighted by molar-refractivity contribution is 7.89. The van der Waals surface area contributed by atoms with Gasteiger partial charge in [0.2, 0.25) is 15.9 Å². The Labute approximate surface area is 181 Å². The van der Waals surface area contributed by atoms with Crippen molar-refractivity contribution in [3.8, 4) is 11.5 Å². The number of halogens is 1. The molecule has 0 radical (unpaired) electrons. The number of rotatable bonds is 7. The zero-order valence-electron chi connectivity index (χ0n) is 17.7. The number of carbonyl (C=O) groups is 1. The molecule has 0 unspecified atom stereocenters. The minimum absolute atomic E-state index is 0.0332. The van der Waals surface area contributed by atoms with Crippen molar-refractivity contribution in [1.29, 1.82) is 0 Å². The van der Waals surface area contributed by atoms with E-state index in [1.807, 2.05) is 4.90 Å². The Balaban J connectivity index is 1.63. The molecule has 1 heterocycles. The van der Waals surface area contributed by atoms with E-state index >= 15 is 0 Å². The van der Waals surface area contributed by atoms with E-state index in [1.165, 1.54) is 45.4 Å². The monoisotopic (exact) mass is 451 g/mol. The molecule has 0 bridgehead atoms. The summed E-state index contributed by atoms with van der Waals surface area (Å²) >= 11 is 0. The van der Waals surface area contributed by atoms with Crippen molar-refractivity contribution in [2.24, 2.45) is 0 Å². The molecule has 168 valence electrons. The summed E-state index contributed by atoms with van der Waals surface area (Å²) in [5, 5.41) is 0. The zero-order chi connectivity index (χ0) is 22.6. The second-order valence-corrected chi connectivity index (χ2v) is 8.84. The topological polar surface area (TPSA) is 88.2 Å². The highest BCUT2D eigenvalue weighted by Crippen LogP contribution is 2.29. The van der Waals surface area contributed by atoms with E-state index in [-0.39, 0.29) is 22.4 Å². The Morgan fingerprint density at radius 1 is 1.03 bits per heavy atom. The highest BCUT2D eigenvalue weighted by atomic mass is 32.2. The van der Waals surface area contributed by atoms with Gasteiger partial charge in [-0.05, 0) is 31.2 Å². The molecule has 2 aromatic rings. The fourth-order valence-corrected chi connectivity index (χ4v) is 4.70. The molecule has 1 fully saturated rings. The van der Waals surface area contributed by atoms with Crippen molar-refractivity contribution in [3.63, 3.8) is 0 Å². The predicted molar refractivity (Wildman–Crippen MR) is 115 cm³/mol. The molecule has 2 aromatic carbocycles. The molecule has 0 saturated carbocycles. The lowest BCUT2D eigenvalue weighted by molar-refractivity contribution is -0.132. The van der Waals surface area contributed by atoms with Gasteiger partial charge in [-0.2, -0.15) is 4.72 Å². The third kappa shape index (κ3) is 5.08. The Morgan fingerprint density at radius 2 is 1.68 bits per heavy atom. The van der Waals surface area contributed by atoms with Crippen LogP contribution in [0, 0.1) is 5.82 Å². The largest absolute Gasteiger partial charge is 0.493 e. The summed E-state index contributed by atoms with van der Waals surface area (Å²) in [6, 6.07) is 9.75. The summed E-state index contributed by atoms with van der Waals surface area (Å²) in [6.45, 7) is 3.17. The number of hydrogen-bond acceptors (Lipinski definition) is 6. The van der Waals surface area contributed by atoms with Crippen LogP contribution in [0.25, 0.3) is 0 Å². The molecule has 0 aromatic heterocycles. The van der Waals surface area contributed by atoms with Crippen LogP contribution < -0.4 is 19.1 Å². The number of anilines is 1. The van der Waals surface area contributed by atoms with E-state index in [0.29, 0.717) is 37.6 Å². The number of piperazine rings is 1. The van der Waals surface area contributed by atoms with Gasteiger partial charge in [-0.1, -0.05) is 12.1 Å². The van der Waals surface area contributed by atoms with Gasteiger partial charge in [0.1, 0.15) is 5.82 Å². The molecule has 31 heavy (non-hydrogen) atoms. The second kappa shape index (κ2) is 9.52. The summed E-state index contributed by atoms with van der Waals surface area (Å²) in [5.74, 6) is 0.0301. The molecule has 1 aliphatic rings. The molecule has 10 heteroatoms. The third-order valence-electron chi connectivity index (χ3n) is 5.15. The van der Waals surface area contributed by atoms with Crippen molar-refractivity contribution in [3.05, 3.63) is 48.3 Å². The molecular weight excluding hydrogens is 425 g/mol. The second-order valence-electron chi connectivity index (χ2n) is 7.12. The molecule has 8 nitrogen and oxygen atoms in total. The first-order valence-corrected chi connectivity index (χ1v) is 11.3. The summed E-state index contributed by atoms with van der Waals surface area (Å²) in [6.07, 6.45) is 0. The smallest absolute Gasteiger partial charge is 0.241 e. The Bertz CT molecular complexity index is 1040. The van der Waals surface area contributed by atoms with Crippen LogP contribution in [0.5, 0.6) is 11.5 Å². The Morgan fingerprint density at radius 3 is 2.29 bits per heavy atom. The molecule has 1 amide bonds. The number of benzene rings is 2. The SMILES string of the molecule is COc1ccc(S(=O)(=O)N[C@H](C)C(=O)N2CCN(c3ccccc3F)CC2)cc1OC. The normalized spacial score (nSPS) is 15.5. The maximum absolute atomic E-state index is 14.0. The maximum Gasteiger partial charge on any atom is 0.241 e. The van der Waals surface area contributed by atoms with Crippen LogP contribution in [0.4, 0.5) is 10.1 Å². The number of sulfonamides is 1. The average Bonchev–Trinajstić information content (AvgIpc) is 2.78. The van der Waals surface area contributed by atoms with Crippen molar-refractivity contribution >= 4 is 21.6 Å². The number of nitrogens with one attached hydrogen (secondary N) is 1. The molecule has 1 saturated heterocycles. The van der Waals surface area contributed by atoms with E-state index in [1.54, 1.807) is 23.1 Å². The maximum atomic E-state index is 14.0. The molecule has 1 atom stereocenters. The van der Waals surface area contributed by atoms with Gasteiger partial charge < -0.3 is 19.3 Å². The standard InChI is InChI=1S/C21H26FN3O5S/c1-15(23-31(27,28)16-8-9-19(29-2)20(14-16)30-3)21(26)25-12-10-24(11-13-25)18-7-5-4-6-17(18)22/h4-9,14-15,23H,10-13H2,1-3H3/t15-/m1/s1. The number of carbonyl (C=O) groups excluding carboxylic acids is 1. The number of para-hydroxylation sites is 1. The van der Waals surface area contributed by atoms with E-state index in [2.05, 4.69) is 4.72 Å². The fourth-order valence-electron chi connectivity index (χ4n) is 3.48. The zero-order valence-corrected chi connectivity index (χ0v) is 18.5. The number of amides is 1. The lowest BCUT2D eigenvalue weighted by Crippen LogP contribution is -2.54. The van der Waals surface area contributed by atoms with Crippen molar-refractivity contribution < 1.29 is 27.1 Å². The van der Waals surface area contributed by atoms with Gasteiger partial charge in [-0.15, -0.1) is 0 Å². The van der Waals surface area contributed by atoms with Crippen LogP contribution in [0.15, 0.2) is 47.4 Å². The lowest BCUT2D eigenvalue weighted by atomic mass is 10.2. The quantitative estimate of drug-likeness (QED) is 0.692. The molecule has 1 aliphatic heterocycles. The lowest BCUT2D eigenvalue weighted by Gasteiger charge is -2.37. The number of nitrogens with zero attached hydrogens (tertiary/aromatic N) is 2. The van der Waals surface area contributed by atoms with Gasteiger partial charge in [0.25, 0.3) is 0 Å². The molecule has 0 aliphatic carbocycles. The van der Waals surface area contributed by atoms with E-state index < -0.39 is 16.1 Å². The van der Waals surface area contributed by atoms with Crippen LogP contribution in [-0.2, 0) is 14.8 Å². The van der Waals surface area contributed by atoms with Crippen molar-refractivity contribution in [2.75, 3.05) is 45.3 Å². The number of methoxy groups -OCH3 is 2. The minimum atomic E-state index is -3.95. The first-order valence-electron chi connectivity index (χ1n) is 9.79. The number of hydrogen-bond donors (Lipinski definition) is 1. The predicted octanol–water partition coefficient (Wildman–Crippen LogP) is 1.86. The molecular formula is C21H26FN3O5S. The van der Waals surface area contributed by atoms with Crippen LogP contribution in [-0.4, -0.2) is 65.7 Å². The number of ether oxygens (including phenoxy) is 2. The average molecular weight is 452 g/mol. The van der Waals surface area contributed by atoms with E-state index in [4.69, 9.17) is 9.47 Å². The van der Waals surface area contributed by atoms with Gasteiger partial charge >= 0.3 is 0 Å². The van der Waals surface area contributed by atoms with Crippen LogP contribution >= 0.6 is 0 Å². The van der Waals surface area contributed by atoms with E-state index in [9.17, 15) is 17.6 Å². The van der Waals surface area contributed by atoms with Gasteiger partial charge in [-0.25, -0.2) is 12.8 Å². The highest BCUT2D eigenvalue weighted by Gasteiger charge is 2.29. The van der Waals surface area contributed by atoms with Crippen LogP contribution in [0.1, 0.15) is 6.92 Å².